The number of aromatic carboxylic acids is 1. The lowest BCUT2D eigenvalue weighted by molar-refractivity contribution is 0.0696. The summed E-state index contributed by atoms with van der Waals surface area (Å²) in [6.45, 7) is -0.0564. The van der Waals surface area contributed by atoms with E-state index in [0.29, 0.717) is 0 Å². The van der Waals surface area contributed by atoms with Crippen LogP contribution in [0.25, 0.3) is 0 Å². The van der Waals surface area contributed by atoms with Gasteiger partial charge in [-0.05, 0) is 40.5 Å². The van der Waals surface area contributed by atoms with Gasteiger partial charge in [-0.15, -0.1) is 0 Å². The Morgan fingerprint density at radius 1 is 1.29 bits per heavy atom. The summed E-state index contributed by atoms with van der Waals surface area (Å²) in [6.07, 6.45) is 1.20. The molecule has 0 atom stereocenters. The Morgan fingerprint density at radius 2 is 1.90 bits per heavy atom. The maximum atomic E-state index is 12.1. The molecular formula is C11H14BrNO6S2. The van der Waals surface area contributed by atoms with Crippen LogP contribution in [-0.4, -0.2) is 46.5 Å². The Hall–Kier alpha value is -0.970. The number of carboxylic acids is 1. The van der Waals surface area contributed by atoms with Gasteiger partial charge in [0.2, 0.25) is 10.0 Å². The molecule has 10 heteroatoms. The smallest absolute Gasteiger partial charge is 0.335 e. The van der Waals surface area contributed by atoms with Gasteiger partial charge in [-0.2, -0.15) is 0 Å². The molecule has 1 rings (SSSR count). The van der Waals surface area contributed by atoms with Crippen molar-refractivity contribution in [1.29, 1.82) is 0 Å². The van der Waals surface area contributed by atoms with Crippen LogP contribution in [0, 0.1) is 0 Å². The maximum Gasteiger partial charge on any atom is 0.335 e. The number of sulfonamides is 1. The van der Waals surface area contributed by atoms with Gasteiger partial charge in [0.15, 0.2) is 0 Å². The van der Waals surface area contributed by atoms with Crippen LogP contribution in [0.2, 0.25) is 0 Å². The van der Waals surface area contributed by atoms with Crippen LogP contribution in [0.1, 0.15) is 16.8 Å². The summed E-state index contributed by atoms with van der Waals surface area (Å²) in [4.78, 5) is 10.7. The van der Waals surface area contributed by atoms with Gasteiger partial charge in [0, 0.05) is 17.3 Å². The zero-order chi connectivity index (χ0) is 16.3. The first kappa shape index (κ1) is 18.1. The molecule has 0 heterocycles. The van der Waals surface area contributed by atoms with Crippen LogP contribution in [0.5, 0.6) is 0 Å². The maximum absolute atomic E-state index is 12.1. The summed E-state index contributed by atoms with van der Waals surface area (Å²) in [5, 5.41) is 8.87. The molecule has 0 amide bonds. The van der Waals surface area contributed by atoms with E-state index in [1.807, 2.05) is 0 Å². The molecule has 2 N–H and O–H groups in total. The third kappa shape index (κ3) is 5.73. The zero-order valence-corrected chi connectivity index (χ0v) is 14.3. The van der Waals surface area contributed by atoms with Gasteiger partial charge in [-0.1, -0.05) is 0 Å². The number of nitrogens with one attached hydrogen (secondary N) is 1. The fraction of sp³-hybridized carbons (Fsp3) is 0.364. The van der Waals surface area contributed by atoms with E-state index in [9.17, 15) is 21.6 Å². The first-order valence-corrected chi connectivity index (χ1v) is 10.1. The van der Waals surface area contributed by atoms with E-state index in [1.54, 1.807) is 0 Å². The third-order valence-electron chi connectivity index (χ3n) is 2.45. The Balaban J connectivity index is 2.88. The van der Waals surface area contributed by atoms with Gasteiger partial charge in [0.1, 0.15) is 9.84 Å². The molecule has 0 fully saturated rings. The quantitative estimate of drug-likeness (QED) is 0.656. The molecule has 0 aliphatic rings. The minimum absolute atomic E-state index is 0.0564. The second-order valence-corrected chi connectivity index (χ2v) is 9.18. The summed E-state index contributed by atoms with van der Waals surface area (Å²) in [5.41, 5.74) is -0.158. The highest BCUT2D eigenvalue weighted by Gasteiger charge is 2.19. The molecule has 0 aromatic heterocycles. The first-order valence-electron chi connectivity index (χ1n) is 5.73. The number of benzene rings is 1. The Kier molecular flexibility index (Phi) is 5.91. The van der Waals surface area contributed by atoms with Crippen LogP contribution in [0.15, 0.2) is 27.6 Å². The van der Waals surface area contributed by atoms with E-state index in [2.05, 4.69) is 20.7 Å². The van der Waals surface area contributed by atoms with Crippen LogP contribution in [0.4, 0.5) is 0 Å². The lowest BCUT2D eigenvalue weighted by atomic mass is 10.2. The highest BCUT2D eigenvalue weighted by Crippen LogP contribution is 2.23. The standard InChI is InChI=1S/C11H14BrNO6S2/c1-20(16,17)6-2-5-13-21(18,19)10-7-8(11(14)15)3-4-9(10)12/h3-4,7,13H,2,5-6H2,1H3,(H,14,15). The second kappa shape index (κ2) is 6.86. The molecule has 0 aliphatic heterocycles. The summed E-state index contributed by atoms with van der Waals surface area (Å²) in [6, 6.07) is 3.63. The van der Waals surface area contributed by atoms with Gasteiger partial charge < -0.3 is 5.11 Å². The molecule has 0 unspecified atom stereocenters. The van der Waals surface area contributed by atoms with E-state index in [4.69, 9.17) is 5.11 Å². The number of halogens is 1. The molecular weight excluding hydrogens is 386 g/mol. The Bertz CT molecular complexity index is 742. The summed E-state index contributed by atoms with van der Waals surface area (Å²) < 4.78 is 48.5. The van der Waals surface area contributed by atoms with Crippen molar-refractivity contribution in [2.75, 3.05) is 18.6 Å². The third-order valence-corrected chi connectivity index (χ3v) is 5.94. The Labute approximate surface area is 131 Å². The van der Waals surface area contributed by atoms with E-state index in [-0.39, 0.29) is 33.7 Å². The molecule has 0 aliphatic carbocycles. The van der Waals surface area contributed by atoms with Crippen molar-refractivity contribution >= 4 is 41.8 Å². The fourth-order valence-corrected chi connectivity index (χ4v) is 4.19. The molecule has 1 aromatic carbocycles. The largest absolute Gasteiger partial charge is 0.478 e. The number of rotatable bonds is 7. The van der Waals surface area contributed by atoms with Crippen LogP contribution < -0.4 is 4.72 Å². The van der Waals surface area contributed by atoms with Crippen LogP contribution in [-0.2, 0) is 19.9 Å². The molecule has 118 valence electrons. The summed E-state index contributed by atoms with van der Waals surface area (Å²) in [5.74, 6) is -1.37. The highest BCUT2D eigenvalue weighted by atomic mass is 79.9. The molecule has 7 nitrogen and oxygen atoms in total. The van der Waals surface area contributed by atoms with Gasteiger partial charge in [0.05, 0.1) is 16.2 Å². The van der Waals surface area contributed by atoms with Crippen molar-refractivity contribution in [2.45, 2.75) is 11.3 Å². The number of carboxylic acid groups (broad SMARTS) is 1. The van der Waals surface area contributed by atoms with E-state index >= 15 is 0 Å². The predicted octanol–water partition coefficient (Wildman–Crippen LogP) is 0.860. The average molecular weight is 400 g/mol. The number of hydrogen-bond donors (Lipinski definition) is 2. The van der Waals surface area contributed by atoms with Gasteiger partial charge in [-0.3, -0.25) is 0 Å². The van der Waals surface area contributed by atoms with Crippen molar-refractivity contribution in [3.8, 4) is 0 Å². The predicted molar refractivity (Wildman–Crippen MR) is 80.6 cm³/mol. The first-order chi connectivity index (χ1) is 9.53. The zero-order valence-electron chi connectivity index (χ0n) is 11.0. The highest BCUT2D eigenvalue weighted by molar-refractivity contribution is 9.10. The molecule has 1 aromatic rings. The molecule has 0 bridgehead atoms. The van der Waals surface area contributed by atoms with Crippen molar-refractivity contribution in [1.82, 2.24) is 4.72 Å². The summed E-state index contributed by atoms with van der Waals surface area (Å²) >= 11 is 3.05. The van der Waals surface area contributed by atoms with Gasteiger partial charge in [0.25, 0.3) is 0 Å². The number of sulfone groups is 1. The number of hydrogen-bond acceptors (Lipinski definition) is 5. The minimum atomic E-state index is -3.92. The topological polar surface area (TPSA) is 118 Å². The number of carbonyl (C=O) groups is 1. The van der Waals surface area contributed by atoms with Crippen molar-refractivity contribution in [3.63, 3.8) is 0 Å². The van der Waals surface area contributed by atoms with E-state index in [1.165, 1.54) is 12.1 Å². The van der Waals surface area contributed by atoms with Crippen molar-refractivity contribution in [2.24, 2.45) is 0 Å². The lowest BCUT2D eigenvalue weighted by Gasteiger charge is -2.09. The molecule has 0 saturated carbocycles. The summed E-state index contributed by atoms with van der Waals surface area (Å²) in [7, 11) is -7.07. The molecule has 0 saturated heterocycles. The van der Waals surface area contributed by atoms with Crippen LogP contribution >= 0.6 is 15.9 Å². The fourth-order valence-electron chi connectivity index (χ4n) is 1.46. The lowest BCUT2D eigenvalue weighted by Crippen LogP contribution is -2.26. The normalized spacial score (nSPS) is 12.3. The van der Waals surface area contributed by atoms with E-state index < -0.39 is 25.8 Å². The Morgan fingerprint density at radius 3 is 2.43 bits per heavy atom. The van der Waals surface area contributed by atoms with E-state index in [0.717, 1.165) is 12.3 Å². The van der Waals surface area contributed by atoms with Crippen molar-refractivity contribution in [3.05, 3.63) is 28.2 Å². The average Bonchev–Trinajstić information content (AvgIpc) is 2.33. The minimum Gasteiger partial charge on any atom is -0.478 e. The van der Waals surface area contributed by atoms with Crippen LogP contribution in [0.3, 0.4) is 0 Å². The SMILES string of the molecule is CS(=O)(=O)CCCNS(=O)(=O)c1cc(C(=O)O)ccc1Br. The van der Waals surface area contributed by atoms with Gasteiger partial charge in [-0.25, -0.2) is 26.4 Å². The monoisotopic (exact) mass is 399 g/mol. The molecule has 0 radical (unpaired) electrons. The molecule has 0 spiro atoms. The van der Waals surface area contributed by atoms with Crippen molar-refractivity contribution < 1.29 is 26.7 Å². The molecule has 21 heavy (non-hydrogen) atoms. The van der Waals surface area contributed by atoms with Gasteiger partial charge >= 0.3 is 5.97 Å². The second-order valence-electron chi connectivity index (χ2n) is 4.33.